The first-order valence-corrected chi connectivity index (χ1v) is 10.7. The van der Waals surface area contributed by atoms with Gasteiger partial charge in [0.1, 0.15) is 18.1 Å². The first-order chi connectivity index (χ1) is 14.5. The van der Waals surface area contributed by atoms with Gasteiger partial charge in [0, 0.05) is 10.0 Å². The Morgan fingerprint density at radius 3 is 2.60 bits per heavy atom. The molecule has 0 amide bonds. The molecule has 0 saturated heterocycles. The topological polar surface area (TPSA) is 59.4 Å². The molecule has 1 N–H and O–H groups in total. The molecule has 3 aromatic rings. The molecular formula is C25H22BrNO3. The zero-order valence-corrected chi connectivity index (χ0v) is 18.3. The molecule has 0 spiro atoms. The van der Waals surface area contributed by atoms with Gasteiger partial charge in [-0.05, 0) is 73.2 Å². The summed E-state index contributed by atoms with van der Waals surface area (Å²) in [5.74, 6) is -0.191. The van der Waals surface area contributed by atoms with E-state index in [2.05, 4.69) is 58.2 Å². The SMILES string of the molecule is Cc1ccc(COc2ccc(Br)cc2C2=C(c3cccc(C(=O)O)n3)CCC2)cc1. The van der Waals surface area contributed by atoms with Crippen LogP contribution in [0.25, 0.3) is 11.1 Å². The summed E-state index contributed by atoms with van der Waals surface area (Å²) in [5.41, 5.74) is 6.43. The summed E-state index contributed by atoms with van der Waals surface area (Å²) >= 11 is 3.58. The number of aromatic carboxylic acids is 1. The Bertz CT molecular complexity index is 1120. The van der Waals surface area contributed by atoms with Crippen molar-refractivity contribution in [2.75, 3.05) is 0 Å². The van der Waals surface area contributed by atoms with E-state index in [0.717, 1.165) is 51.9 Å². The molecule has 152 valence electrons. The van der Waals surface area contributed by atoms with Crippen LogP contribution in [0.3, 0.4) is 0 Å². The van der Waals surface area contributed by atoms with E-state index >= 15 is 0 Å². The fraction of sp³-hybridized carbons (Fsp3) is 0.200. The summed E-state index contributed by atoms with van der Waals surface area (Å²) in [7, 11) is 0. The van der Waals surface area contributed by atoms with Gasteiger partial charge in [0.25, 0.3) is 0 Å². The lowest BCUT2D eigenvalue weighted by atomic mass is 9.99. The van der Waals surface area contributed by atoms with Crippen molar-refractivity contribution in [1.82, 2.24) is 4.98 Å². The number of carboxylic acid groups (broad SMARTS) is 1. The predicted molar refractivity (Wildman–Crippen MR) is 122 cm³/mol. The van der Waals surface area contributed by atoms with Gasteiger partial charge in [-0.1, -0.05) is 51.8 Å². The van der Waals surface area contributed by atoms with Crippen LogP contribution < -0.4 is 4.74 Å². The van der Waals surface area contributed by atoms with Crippen molar-refractivity contribution in [3.05, 3.63) is 93.2 Å². The molecule has 0 unspecified atom stereocenters. The summed E-state index contributed by atoms with van der Waals surface area (Å²) in [6.45, 7) is 2.56. The number of nitrogens with zero attached hydrogens (tertiary/aromatic N) is 1. The molecule has 0 bridgehead atoms. The van der Waals surface area contributed by atoms with Crippen LogP contribution in [0.5, 0.6) is 5.75 Å². The highest BCUT2D eigenvalue weighted by molar-refractivity contribution is 9.10. The third kappa shape index (κ3) is 4.46. The second kappa shape index (κ2) is 8.84. The Morgan fingerprint density at radius 2 is 1.83 bits per heavy atom. The molecule has 1 aliphatic rings. The van der Waals surface area contributed by atoms with Crippen LogP contribution in [0, 0.1) is 6.92 Å². The van der Waals surface area contributed by atoms with Crippen LogP contribution in [0.4, 0.5) is 0 Å². The van der Waals surface area contributed by atoms with E-state index in [1.165, 1.54) is 17.2 Å². The first-order valence-electron chi connectivity index (χ1n) is 9.92. The van der Waals surface area contributed by atoms with E-state index < -0.39 is 5.97 Å². The van der Waals surface area contributed by atoms with Gasteiger partial charge in [0.05, 0.1) is 5.69 Å². The molecule has 1 aromatic heterocycles. The minimum absolute atomic E-state index is 0.0661. The lowest BCUT2D eigenvalue weighted by molar-refractivity contribution is 0.0690. The van der Waals surface area contributed by atoms with Crippen LogP contribution in [-0.2, 0) is 6.61 Å². The summed E-state index contributed by atoms with van der Waals surface area (Å²) in [5, 5.41) is 9.31. The summed E-state index contributed by atoms with van der Waals surface area (Å²) in [6, 6.07) is 19.5. The van der Waals surface area contributed by atoms with Crippen LogP contribution in [0.15, 0.2) is 65.1 Å². The maximum Gasteiger partial charge on any atom is 0.354 e. The second-order valence-electron chi connectivity index (χ2n) is 7.44. The van der Waals surface area contributed by atoms with Crippen LogP contribution >= 0.6 is 15.9 Å². The number of ether oxygens (including phenoxy) is 1. The van der Waals surface area contributed by atoms with Crippen molar-refractivity contribution >= 4 is 33.0 Å². The first kappa shape index (κ1) is 20.4. The highest BCUT2D eigenvalue weighted by Gasteiger charge is 2.22. The lowest BCUT2D eigenvalue weighted by Gasteiger charge is -2.15. The van der Waals surface area contributed by atoms with Crippen LogP contribution in [-0.4, -0.2) is 16.1 Å². The Kier molecular flexibility index (Phi) is 6.00. The van der Waals surface area contributed by atoms with Crippen molar-refractivity contribution in [3.8, 4) is 5.75 Å². The zero-order valence-electron chi connectivity index (χ0n) is 16.7. The third-order valence-electron chi connectivity index (χ3n) is 5.28. The van der Waals surface area contributed by atoms with E-state index in [1.54, 1.807) is 6.07 Å². The monoisotopic (exact) mass is 463 g/mol. The Labute approximate surface area is 184 Å². The second-order valence-corrected chi connectivity index (χ2v) is 8.35. The molecule has 0 saturated carbocycles. The smallest absolute Gasteiger partial charge is 0.354 e. The fourth-order valence-corrected chi connectivity index (χ4v) is 4.12. The van der Waals surface area contributed by atoms with E-state index in [9.17, 15) is 9.90 Å². The fourth-order valence-electron chi connectivity index (χ4n) is 3.75. The maximum absolute atomic E-state index is 11.4. The normalized spacial score (nSPS) is 13.5. The number of pyridine rings is 1. The van der Waals surface area contributed by atoms with E-state index in [1.807, 2.05) is 18.2 Å². The minimum Gasteiger partial charge on any atom is -0.488 e. The van der Waals surface area contributed by atoms with Gasteiger partial charge in [-0.3, -0.25) is 0 Å². The van der Waals surface area contributed by atoms with Crippen molar-refractivity contribution in [1.29, 1.82) is 0 Å². The van der Waals surface area contributed by atoms with Crippen LogP contribution in [0.2, 0.25) is 0 Å². The summed E-state index contributed by atoms with van der Waals surface area (Å²) < 4.78 is 7.19. The van der Waals surface area contributed by atoms with Crippen molar-refractivity contribution in [3.63, 3.8) is 0 Å². The van der Waals surface area contributed by atoms with Gasteiger partial charge in [-0.25, -0.2) is 9.78 Å². The number of benzene rings is 2. The highest BCUT2D eigenvalue weighted by atomic mass is 79.9. The molecule has 2 aromatic carbocycles. The summed E-state index contributed by atoms with van der Waals surface area (Å²) in [4.78, 5) is 15.7. The molecule has 0 aliphatic heterocycles. The number of hydrogen-bond acceptors (Lipinski definition) is 3. The Hall–Kier alpha value is -2.92. The molecule has 1 aliphatic carbocycles. The molecular weight excluding hydrogens is 442 g/mol. The lowest BCUT2D eigenvalue weighted by Crippen LogP contribution is -2.02. The number of aromatic nitrogens is 1. The third-order valence-corrected chi connectivity index (χ3v) is 5.77. The predicted octanol–water partition coefficient (Wildman–Crippen LogP) is 6.52. The van der Waals surface area contributed by atoms with Gasteiger partial charge in [-0.15, -0.1) is 0 Å². The molecule has 0 fully saturated rings. The van der Waals surface area contributed by atoms with E-state index in [-0.39, 0.29) is 5.69 Å². The van der Waals surface area contributed by atoms with Gasteiger partial charge in [0.15, 0.2) is 0 Å². The van der Waals surface area contributed by atoms with E-state index in [4.69, 9.17) is 4.74 Å². The Balaban J connectivity index is 1.70. The maximum atomic E-state index is 11.4. The van der Waals surface area contributed by atoms with Gasteiger partial charge >= 0.3 is 5.97 Å². The minimum atomic E-state index is -1.01. The van der Waals surface area contributed by atoms with Crippen molar-refractivity contribution < 1.29 is 14.6 Å². The number of carbonyl (C=O) groups is 1. The molecule has 4 rings (SSSR count). The number of allylic oxidation sites excluding steroid dienone is 2. The average Bonchev–Trinajstić information content (AvgIpc) is 3.24. The number of halogens is 1. The van der Waals surface area contributed by atoms with Crippen LogP contribution in [0.1, 0.15) is 52.1 Å². The average molecular weight is 464 g/mol. The molecule has 0 atom stereocenters. The molecule has 30 heavy (non-hydrogen) atoms. The zero-order chi connectivity index (χ0) is 21.1. The highest BCUT2D eigenvalue weighted by Crippen LogP contribution is 2.43. The van der Waals surface area contributed by atoms with Crippen molar-refractivity contribution in [2.45, 2.75) is 32.8 Å². The number of aryl methyl sites for hydroxylation is 1. The number of rotatable bonds is 6. The van der Waals surface area contributed by atoms with Gasteiger partial charge in [-0.2, -0.15) is 0 Å². The molecule has 5 heteroatoms. The number of carboxylic acids is 1. The van der Waals surface area contributed by atoms with Gasteiger partial charge < -0.3 is 9.84 Å². The molecule has 0 radical (unpaired) electrons. The Morgan fingerprint density at radius 1 is 1.07 bits per heavy atom. The molecule has 4 nitrogen and oxygen atoms in total. The van der Waals surface area contributed by atoms with Crippen molar-refractivity contribution in [2.24, 2.45) is 0 Å². The summed E-state index contributed by atoms with van der Waals surface area (Å²) in [6.07, 6.45) is 2.79. The molecule has 1 heterocycles. The quantitative estimate of drug-likeness (QED) is 0.451. The largest absolute Gasteiger partial charge is 0.488 e. The van der Waals surface area contributed by atoms with Gasteiger partial charge in [0.2, 0.25) is 0 Å². The standard InChI is InChI=1S/C25H22BrNO3/c1-16-8-10-17(11-9-16)15-30-24-13-12-18(26)14-21(24)19-4-2-5-20(19)22-6-3-7-23(27-22)25(28)29/h3,6-14H,2,4-5,15H2,1H3,(H,28,29). The van der Waals surface area contributed by atoms with E-state index in [0.29, 0.717) is 6.61 Å². The number of hydrogen-bond donors (Lipinski definition) is 1.